The fourth-order valence-corrected chi connectivity index (χ4v) is 16.2. The van der Waals surface area contributed by atoms with Crippen LogP contribution in [0.2, 0.25) is 0 Å². The lowest BCUT2D eigenvalue weighted by atomic mass is 9.79. The number of rotatable bonds is 6. The molecule has 25 heteroatoms. The molecule has 2 aliphatic rings. The van der Waals surface area contributed by atoms with Gasteiger partial charge in [0.2, 0.25) is 0 Å². The largest absolute Gasteiger partial charge is 0.416 e. The van der Waals surface area contributed by atoms with Crippen molar-refractivity contribution in [3.05, 3.63) is 309 Å². The van der Waals surface area contributed by atoms with Crippen molar-refractivity contribution in [2.24, 2.45) is 0 Å². The Labute approximate surface area is 624 Å². The van der Waals surface area contributed by atoms with Crippen LogP contribution in [0.25, 0.3) is 132 Å². The van der Waals surface area contributed by atoms with Crippen molar-refractivity contribution in [3.63, 3.8) is 0 Å². The highest BCUT2D eigenvalue weighted by atomic mass is 19.4. The molecule has 0 fully saturated rings. The smallest absolute Gasteiger partial charge is 0.309 e. The number of benzene rings is 14. The third-order valence-corrected chi connectivity index (χ3v) is 21.1. The second-order valence-corrected chi connectivity index (χ2v) is 28.3. The van der Waals surface area contributed by atoms with Gasteiger partial charge in [-0.05, 0) is 218 Å². The summed E-state index contributed by atoms with van der Waals surface area (Å²) in [4.78, 5) is 0. The Kier molecular flexibility index (Phi) is 17.5. The molecule has 16 rings (SSSR count). The van der Waals surface area contributed by atoms with E-state index in [1.54, 1.807) is 48.5 Å². The predicted molar refractivity (Wildman–Crippen MR) is 381 cm³/mol. The number of hydrogen-bond acceptors (Lipinski definition) is 0. The maximum atomic E-state index is 15.3. The summed E-state index contributed by atoms with van der Waals surface area (Å²) in [7, 11) is 0. The topological polar surface area (TPSA) is 0 Å². The second-order valence-electron chi connectivity index (χ2n) is 28.3. The maximum Gasteiger partial charge on any atom is 0.416 e. The number of alkyl halides is 24. The standard InChI is InChI=1S/C88H48F24N/c89-81(90,91)57-25-53(26-58(37-57)82(92,93)94)47-21-23-65(55-29-61(85(101,102)103)39-62(30-55)86(104,105)106)71(33-47)73-35-49-11-3-7-15-69(49)79-75(73)43-113(41-51-19-17-45-9-1-5-13-67(45)77(51)78-52(42-113)20-18-46-10-2-6-14-68(46)78)44-76-74(36-50-12-4-8-16-70(50)80(76)79)72-34-48(54-27-59(83(95,96)97)38-60(28-54)84(98,99)100)22-24-66(72)56-31-63(87(107,108)109)40-64(32-56)88(110,111)112/h1-40H,41-44H2/q+1. The van der Waals surface area contributed by atoms with Crippen LogP contribution in [0.4, 0.5) is 105 Å². The average Bonchev–Trinajstić information content (AvgIpc) is 1.61. The zero-order valence-corrected chi connectivity index (χ0v) is 57.4. The summed E-state index contributed by atoms with van der Waals surface area (Å²) < 4.78 is 362. The first kappa shape index (κ1) is 75.4. The summed E-state index contributed by atoms with van der Waals surface area (Å²) in [5.41, 5.74) is -17.6. The zero-order chi connectivity index (χ0) is 80.4. The van der Waals surface area contributed by atoms with Crippen LogP contribution in [0.3, 0.4) is 0 Å². The lowest BCUT2D eigenvalue weighted by molar-refractivity contribution is -0.977. The molecule has 0 atom stereocenters. The van der Waals surface area contributed by atoms with Gasteiger partial charge >= 0.3 is 49.4 Å². The van der Waals surface area contributed by atoms with Crippen molar-refractivity contribution < 1.29 is 110 Å². The first-order chi connectivity index (χ1) is 53.0. The lowest BCUT2D eigenvalue weighted by Crippen LogP contribution is -2.44. The molecule has 1 nitrogen and oxygen atoms in total. The van der Waals surface area contributed by atoms with E-state index in [0.717, 1.165) is 47.2 Å². The molecule has 1 spiro atoms. The van der Waals surface area contributed by atoms with E-state index in [1.165, 1.54) is 36.4 Å². The van der Waals surface area contributed by atoms with Crippen LogP contribution in [-0.2, 0) is 75.6 Å². The Morgan fingerprint density at radius 3 is 0.726 bits per heavy atom. The van der Waals surface area contributed by atoms with Crippen molar-refractivity contribution in [2.45, 2.75) is 75.6 Å². The van der Waals surface area contributed by atoms with Gasteiger partial charge in [0.05, 0.1) is 44.5 Å². The third kappa shape index (κ3) is 13.9. The number of halogens is 24. The van der Waals surface area contributed by atoms with Gasteiger partial charge in [-0.15, -0.1) is 0 Å². The molecule has 0 saturated heterocycles. The Morgan fingerprint density at radius 1 is 0.186 bits per heavy atom. The predicted octanol–water partition coefficient (Wildman–Crippen LogP) is 29.3. The summed E-state index contributed by atoms with van der Waals surface area (Å²) in [5, 5.41) is 3.83. The van der Waals surface area contributed by atoms with Crippen LogP contribution < -0.4 is 0 Å². The van der Waals surface area contributed by atoms with Gasteiger partial charge in [0.25, 0.3) is 0 Å². The highest BCUT2D eigenvalue weighted by Crippen LogP contribution is 2.57. The summed E-state index contributed by atoms with van der Waals surface area (Å²) >= 11 is 0. The minimum absolute atomic E-state index is 0.109. The van der Waals surface area contributed by atoms with Crippen molar-refractivity contribution in [1.29, 1.82) is 0 Å². The molecular weight excluding hydrogens is 1530 g/mol. The van der Waals surface area contributed by atoms with E-state index in [1.807, 2.05) is 48.5 Å². The Bertz CT molecular complexity index is 5750. The molecular formula is C88H48F24N+. The van der Waals surface area contributed by atoms with Crippen LogP contribution in [0.15, 0.2) is 243 Å². The highest BCUT2D eigenvalue weighted by Gasteiger charge is 2.46. The minimum Gasteiger partial charge on any atom is -0.309 e. The zero-order valence-electron chi connectivity index (χ0n) is 57.4. The van der Waals surface area contributed by atoms with Crippen LogP contribution >= 0.6 is 0 Å². The summed E-state index contributed by atoms with van der Waals surface area (Å²) in [5.74, 6) is 0. The summed E-state index contributed by atoms with van der Waals surface area (Å²) in [6.07, 6.45) is -43.9. The maximum absolute atomic E-state index is 15.3. The fourth-order valence-electron chi connectivity index (χ4n) is 16.2. The number of nitrogens with zero attached hydrogens (tertiary/aromatic N) is 1. The molecule has 0 bridgehead atoms. The molecule has 2 heterocycles. The molecule has 113 heavy (non-hydrogen) atoms. The van der Waals surface area contributed by atoms with Crippen molar-refractivity contribution >= 4 is 43.1 Å². The first-order valence-corrected chi connectivity index (χ1v) is 34.4. The van der Waals surface area contributed by atoms with Crippen molar-refractivity contribution in [1.82, 2.24) is 0 Å². The molecule has 0 unspecified atom stereocenters. The summed E-state index contributed by atoms with van der Waals surface area (Å²) in [6, 6.07) is 45.8. The van der Waals surface area contributed by atoms with Crippen LogP contribution in [0, 0.1) is 0 Å². The molecule has 14 aromatic carbocycles. The Balaban J connectivity index is 1.11. The average molecular weight is 1580 g/mol. The molecule has 14 aromatic rings. The molecule has 0 aliphatic carbocycles. The van der Waals surface area contributed by atoms with Gasteiger partial charge in [0.1, 0.15) is 26.2 Å². The Hall–Kier alpha value is -11.6. The van der Waals surface area contributed by atoms with E-state index >= 15 is 52.7 Å². The molecule has 0 N–H and O–H groups in total. The Morgan fingerprint density at radius 2 is 0.442 bits per heavy atom. The van der Waals surface area contributed by atoms with E-state index < -0.39 is 138 Å². The van der Waals surface area contributed by atoms with Gasteiger partial charge < -0.3 is 4.48 Å². The molecule has 2 aliphatic heterocycles. The highest BCUT2D eigenvalue weighted by molar-refractivity contribution is 6.14. The van der Waals surface area contributed by atoms with E-state index in [9.17, 15) is 52.7 Å². The summed E-state index contributed by atoms with van der Waals surface area (Å²) in [6.45, 7) is -0.975. The lowest BCUT2D eigenvalue weighted by Gasteiger charge is -2.39. The number of fused-ring (bicyclic) bond motifs is 14. The normalized spacial score (nSPS) is 14.3. The van der Waals surface area contributed by atoms with E-state index in [0.29, 0.717) is 81.6 Å². The third-order valence-electron chi connectivity index (χ3n) is 21.1. The van der Waals surface area contributed by atoms with Gasteiger partial charge in [-0.3, -0.25) is 0 Å². The minimum atomic E-state index is -5.52. The van der Waals surface area contributed by atoms with E-state index in [-0.39, 0.29) is 121 Å². The molecule has 0 amide bonds. The van der Waals surface area contributed by atoms with Gasteiger partial charge in [0, 0.05) is 33.4 Å². The molecule has 572 valence electrons. The van der Waals surface area contributed by atoms with Gasteiger partial charge in [0.15, 0.2) is 0 Å². The molecule has 0 aromatic heterocycles. The molecule has 0 saturated carbocycles. The quantitative estimate of drug-likeness (QED) is 0.115. The van der Waals surface area contributed by atoms with E-state index in [2.05, 4.69) is 0 Å². The van der Waals surface area contributed by atoms with Crippen molar-refractivity contribution in [3.8, 4) is 89.0 Å². The second kappa shape index (κ2) is 26.2. The number of hydrogen-bond donors (Lipinski definition) is 0. The fraction of sp³-hybridized carbons (Fsp3) is 0.136. The van der Waals surface area contributed by atoms with Gasteiger partial charge in [-0.1, -0.05) is 146 Å². The van der Waals surface area contributed by atoms with Crippen LogP contribution in [-0.4, -0.2) is 4.48 Å². The number of quaternary nitrogens is 1. The van der Waals surface area contributed by atoms with Crippen LogP contribution in [0.5, 0.6) is 0 Å². The van der Waals surface area contributed by atoms with Crippen molar-refractivity contribution in [2.75, 3.05) is 0 Å². The van der Waals surface area contributed by atoms with Gasteiger partial charge in [-0.25, -0.2) is 0 Å². The molecule has 0 radical (unpaired) electrons. The SMILES string of the molecule is FC(F)(F)c1cc(-c2ccc(-c3cc(C(F)(F)F)cc(C(F)(F)F)c3)c(-c3cc4ccccc4c4c3C[N+]3(Cc5ccc6ccccc6c5-c5c(ccc6ccccc56)C3)Cc3c(-c5cc(-c6cc(C(F)(F)F)cc(C(F)(F)F)c6)ccc5-c5cc(C(F)(F)F)cc(C(F)(F)F)c5)cc5ccccc5c3-4)c2)cc(C(F)(F)F)c1. The first-order valence-electron chi connectivity index (χ1n) is 34.4. The van der Waals surface area contributed by atoms with Gasteiger partial charge in [-0.2, -0.15) is 105 Å². The monoisotopic (exact) mass is 1570 g/mol. The van der Waals surface area contributed by atoms with Crippen LogP contribution in [0.1, 0.15) is 66.8 Å². The van der Waals surface area contributed by atoms with E-state index in [4.69, 9.17) is 0 Å².